The Labute approximate surface area is 91.5 Å². The van der Waals surface area contributed by atoms with Crippen molar-refractivity contribution in [2.75, 3.05) is 0 Å². The Kier molecular flexibility index (Phi) is 2.85. The van der Waals surface area contributed by atoms with Crippen LogP contribution in [0.25, 0.3) is 10.8 Å². The molecule has 72 valence electrons. The molecular formula is C12H11BrO. The summed E-state index contributed by atoms with van der Waals surface area (Å²) in [5, 5.41) is 11.3. The standard InChI is InChI=1S/C12H11BrO/c13-12(14)8-10-6-3-5-9-4-1-2-7-11(9)10/h1-7,12,14H,8H2. The second-order valence-corrected chi connectivity index (χ2v) is 4.33. The van der Waals surface area contributed by atoms with Crippen LogP contribution in [0, 0.1) is 0 Å². The molecule has 1 N–H and O–H groups in total. The minimum atomic E-state index is -0.465. The Bertz CT molecular complexity index is 432. The van der Waals surface area contributed by atoms with Crippen LogP contribution < -0.4 is 0 Å². The van der Waals surface area contributed by atoms with Crippen LogP contribution in [0.2, 0.25) is 0 Å². The quantitative estimate of drug-likeness (QED) is 0.813. The molecule has 0 saturated carbocycles. The van der Waals surface area contributed by atoms with E-state index in [0.29, 0.717) is 6.42 Å². The van der Waals surface area contributed by atoms with Gasteiger partial charge in [-0.15, -0.1) is 0 Å². The van der Waals surface area contributed by atoms with E-state index in [0.717, 1.165) is 0 Å². The van der Waals surface area contributed by atoms with Gasteiger partial charge in [0.1, 0.15) is 5.01 Å². The highest BCUT2D eigenvalue weighted by atomic mass is 79.9. The van der Waals surface area contributed by atoms with E-state index < -0.39 is 5.01 Å². The zero-order valence-electron chi connectivity index (χ0n) is 7.65. The van der Waals surface area contributed by atoms with Gasteiger partial charge < -0.3 is 5.11 Å². The number of hydrogen-bond donors (Lipinski definition) is 1. The number of halogens is 1. The van der Waals surface area contributed by atoms with Crippen molar-refractivity contribution in [1.82, 2.24) is 0 Å². The average molecular weight is 251 g/mol. The summed E-state index contributed by atoms with van der Waals surface area (Å²) in [5.74, 6) is 0. The first-order valence-electron chi connectivity index (χ1n) is 4.56. The van der Waals surface area contributed by atoms with Crippen LogP contribution in [0.4, 0.5) is 0 Å². The number of fused-ring (bicyclic) bond motifs is 1. The van der Waals surface area contributed by atoms with Crippen LogP contribution in [-0.4, -0.2) is 10.1 Å². The highest BCUT2D eigenvalue weighted by molar-refractivity contribution is 9.09. The Morgan fingerprint density at radius 1 is 1.07 bits per heavy atom. The first kappa shape index (κ1) is 9.69. The van der Waals surface area contributed by atoms with Crippen molar-refractivity contribution in [3.8, 4) is 0 Å². The molecule has 0 bridgehead atoms. The topological polar surface area (TPSA) is 20.2 Å². The molecule has 0 spiro atoms. The van der Waals surface area contributed by atoms with Crippen LogP contribution >= 0.6 is 15.9 Å². The lowest BCUT2D eigenvalue weighted by atomic mass is 10.0. The minimum absolute atomic E-state index is 0.465. The summed E-state index contributed by atoms with van der Waals surface area (Å²) in [6, 6.07) is 14.4. The summed E-state index contributed by atoms with van der Waals surface area (Å²) in [4.78, 5) is 0. The van der Waals surface area contributed by atoms with E-state index in [1.807, 2.05) is 24.3 Å². The first-order valence-corrected chi connectivity index (χ1v) is 5.48. The van der Waals surface area contributed by atoms with E-state index in [1.165, 1.54) is 16.3 Å². The third-order valence-electron chi connectivity index (χ3n) is 2.27. The number of aliphatic hydroxyl groups excluding tert-OH is 1. The molecule has 2 heteroatoms. The summed E-state index contributed by atoms with van der Waals surface area (Å²) >= 11 is 3.15. The fraction of sp³-hybridized carbons (Fsp3) is 0.167. The van der Waals surface area contributed by atoms with Crippen molar-refractivity contribution in [2.45, 2.75) is 11.4 Å². The first-order chi connectivity index (χ1) is 6.77. The van der Waals surface area contributed by atoms with Gasteiger partial charge in [0.2, 0.25) is 0 Å². The van der Waals surface area contributed by atoms with Crippen molar-refractivity contribution < 1.29 is 5.11 Å². The Morgan fingerprint density at radius 2 is 1.79 bits per heavy atom. The summed E-state index contributed by atoms with van der Waals surface area (Å²) in [7, 11) is 0. The Morgan fingerprint density at radius 3 is 2.57 bits per heavy atom. The summed E-state index contributed by atoms with van der Waals surface area (Å²) in [6.07, 6.45) is 0.640. The number of alkyl halides is 1. The molecule has 0 aliphatic rings. The lowest BCUT2D eigenvalue weighted by molar-refractivity contribution is 0.271. The molecule has 1 atom stereocenters. The van der Waals surface area contributed by atoms with Gasteiger partial charge in [-0.1, -0.05) is 58.4 Å². The van der Waals surface area contributed by atoms with Crippen LogP contribution in [0.5, 0.6) is 0 Å². The van der Waals surface area contributed by atoms with Gasteiger partial charge in [0, 0.05) is 6.42 Å². The largest absolute Gasteiger partial charge is 0.382 e. The van der Waals surface area contributed by atoms with Crippen molar-refractivity contribution in [3.05, 3.63) is 48.0 Å². The Hall–Kier alpha value is -0.860. The highest BCUT2D eigenvalue weighted by Crippen LogP contribution is 2.20. The van der Waals surface area contributed by atoms with Crippen molar-refractivity contribution >= 4 is 26.7 Å². The molecule has 0 saturated heterocycles. The van der Waals surface area contributed by atoms with Gasteiger partial charge >= 0.3 is 0 Å². The molecule has 0 aromatic heterocycles. The third kappa shape index (κ3) is 1.97. The summed E-state index contributed by atoms with van der Waals surface area (Å²) < 4.78 is 0. The smallest absolute Gasteiger partial charge is 0.113 e. The molecule has 2 aromatic rings. The van der Waals surface area contributed by atoms with Gasteiger partial charge in [-0.05, 0) is 16.3 Å². The van der Waals surface area contributed by atoms with E-state index in [-0.39, 0.29) is 0 Å². The van der Waals surface area contributed by atoms with Crippen molar-refractivity contribution in [3.63, 3.8) is 0 Å². The van der Waals surface area contributed by atoms with Gasteiger partial charge in [-0.3, -0.25) is 0 Å². The maximum Gasteiger partial charge on any atom is 0.113 e. The summed E-state index contributed by atoms with van der Waals surface area (Å²) in [5.41, 5.74) is 1.17. The van der Waals surface area contributed by atoms with Gasteiger partial charge in [0.15, 0.2) is 0 Å². The number of aliphatic hydroxyl groups is 1. The second-order valence-electron chi connectivity index (χ2n) is 3.28. The molecule has 14 heavy (non-hydrogen) atoms. The zero-order valence-corrected chi connectivity index (χ0v) is 9.24. The fourth-order valence-electron chi connectivity index (χ4n) is 1.65. The maximum atomic E-state index is 9.28. The van der Waals surface area contributed by atoms with Gasteiger partial charge in [-0.2, -0.15) is 0 Å². The lowest BCUT2D eigenvalue weighted by Gasteiger charge is -2.06. The molecule has 0 amide bonds. The van der Waals surface area contributed by atoms with E-state index in [9.17, 15) is 5.11 Å². The predicted octanol–water partition coefficient (Wildman–Crippen LogP) is 3.10. The molecular weight excluding hydrogens is 240 g/mol. The fourth-order valence-corrected chi connectivity index (χ4v) is 2.00. The normalized spacial score (nSPS) is 13.0. The minimum Gasteiger partial charge on any atom is -0.382 e. The molecule has 0 aliphatic heterocycles. The molecule has 1 unspecified atom stereocenters. The van der Waals surface area contributed by atoms with Crippen LogP contribution in [0.1, 0.15) is 5.56 Å². The number of benzene rings is 2. The molecule has 1 nitrogen and oxygen atoms in total. The lowest BCUT2D eigenvalue weighted by Crippen LogP contribution is -2.00. The SMILES string of the molecule is OC(Br)Cc1cccc2ccccc12. The van der Waals surface area contributed by atoms with Crippen LogP contribution in [-0.2, 0) is 6.42 Å². The Balaban J connectivity index is 2.53. The second kappa shape index (κ2) is 4.11. The zero-order chi connectivity index (χ0) is 9.97. The van der Waals surface area contributed by atoms with Gasteiger partial charge in [-0.25, -0.2) is 0 Å². The van der Waals surface area contributed by atoms with Gasteiger partial charge in [0.05, 0.1) is 0 Å². The van der Waals surface area contributed by atoms with Crippen LogP contribution in [0.15, 0.2) is 42.5 Å². The highest BCUT2D eigenvalue weighted by Gasteiger charge is 2.03. The third-order valence-corrected chi connectivity index (χ3v) is 2.59. The van der Waals surface area contributed by atoms with Gasteiger partial charge in [0.25, 0.3) is 0 Å². The molecule has 0 aliphatic carbocycles. The van der Waals surface area contributed by atoms with E-state index in [1.54, 1.807) is 0 Å². The molecule has 2 aromatic carbocycles. The van der Waals surface area contributed by atoms with Crippen LogP contribution in [0.3, 0.4) is 0 Å². The summed E-state index contributed by atoms with van der Waals surface area (Å²) in [6.45, 7) is 0. The molecule has 2 rings (SSSR count). The van der Waals surface area contributed by atoms with E-state index in [2.05, 4.69) is 34.1 Å². The molecule has 0 radical (unpaired) electrons. The number of hydrogen-bond acceptors (Lipinski definition) is 1. The predicted molar refractivity (Wildman–Crippen MR) is 62.6 cm³/mol. The maximum absolute atomic E-state index is 9.28. The number of rotatable bonds is 2. The van der Waals surface area contributed by atoms with Crippen molar-refractivity contribution in [2.24, 2.45) is 0 Å². The monoisotopic (exact) mass is 250 g/mol. The van der Waals surface area contributed by atoms with E-state index in [4.69, 9.17) is 0 Å². The van der Waals surface area contributed by atoms with Crippen molar-refractivity contribution in [1.29, 1.82) is 0 Å². The average Bonchev–Trinajstić information content (AvgIpc) is 2.18. The van der Waals surface area contributed by atoms with E-state index >= 15 is 0 Å². The molecule has 0 heterocycles. The molecule has 0 fully saturated rings.